The van der Waals surface area contributed by atoms with Crippen molar-refractivity contribution in [2.45, 2.75) is 19.9 Å². The van der Waals surface area contributed by atoms with E-state index in [1.165, 1.54) is 13.1 Å². The average molecular weight is 237 g/mol. The van der Waals surface area contributed by atoms with Crippen LogP contribution in [-0.2, 0) is 4.79 Å². The number of nitro groups is 1. The highest BCUT2D eigenvalue weighted by molar-refractivity contribution is 5.84. The van der Waals surface area contributed by atoms with Gasteiger partial charge in [-0.05, 0) is 25.5 Å². The van der Waals surface area contributed by atoms with Crippen molar-refractivity contribution in [3.05, 3.63) is 33.9 Å². The van der Waals surface area contributed by atoms with E-state index in [4.69, 9.17) is 0 Å². The molecular formula is C11H15N3O3. The number of hydrogen-bond donors (Lipinski definition) is 2. The van der Waals surface area contributed by atoms with Crippen molar-refractivity contribution in [3.63, 3.8) is 0 Å². The summed E-state index contributed by atoms with van der Waals surface area (Å²) in [5.41, 5.74) is 1.21. The lowest BCUT2D eigenvalue weighted by molar-refractivity contribution is -0.384. The van der Waals surface area contributed by atoms with E-state index in [2.05, 4.69) is 10.6 Å². The molecule has 0 saturated heterocycles. The Labute approximate surface area is 99.2 Å². The van der Waals surface area contributed by atoms with Crippen LogP contribution in [0.25, 0.3) is 0 Å². The molecule has 0 saturated carbocycles. The van der Waals surface area contributed by atoms with Gasteiger partial charge >= 0.3 is 0 Å². The van der Waals surface area contributed by atoms with Crippen molar-refractivity contribution in [3.8, 4) is 0 Å². The molecule has 1 atom stereocenters. The second-order valence-corrected chi connectivity index (χ2v) is 3.76. The summed E-state index contributed by atoms with van der Waals surface area (Å²) >= 11 is 0. The van der Waals surface area contributed by atoms with E-state index in [9.17, 15) is 14.9 Å². The van der Waals surface area contributed by atoms with E-state index in [-0.39, 0.29) is 11.6 Å². The largest absolute Gasteiger partial charge is 0.368 e. The Balaban J connectivity index is 3.00. The molecule has 92 valence electrons. The molecule has 0 radical (unpaired) electrons. The van der Waals surface area contributed by atoms with E-state index < -0.39 is 11.0 Å². The van der Waals surface area contributed by atoms with Gasteiger partial charge in [0.2, 0.25) is 5.91 Å². The maximum Gasteiger partial charge on any atom is 0.292 e. The normalized spacial score (nSPS) is 11.7. The molecule has 0 aliphatic rings. The van der Waals surface area contributed by atoms with Crippen LogP contribution in [0.5, 0.6) is 0 Å². The molecule has 17 heavy (non-hydrogen) atoms. The second kappa shape index (κ2) is 5.29. The van der Waals surface area contributed by atoms with Gasteiger partial charge in [0, 0.05) is 13.1 Å². The van der Waals surface area contributed by atoms with Crippen LogP contribution in [0, 0.1) is 17.0 Å². The van der Waals surface area contributed by atoms with Gasteiger partial charge in [0.25, 0.3) is 5.69 Å². The van der Waals surface area contributed by atoms with E-state index >= 15 is 0 Å². The number of rotatable bonds is 4. The lowest BCUT2D eigenvalue weighted by Crippen LogP contribution is -2.35. The number of aryl methyl sites for hydroxylation is 1. The Hall–Kier alpha value is -2.11. The van der Waals surface area contributed by atoms with E-state index in [0.29, 0.717) is 5.69 Å². The summed E-state index contributed by atoms with van der Waals surface area (Å²) in [5.74, 6) is -0.221. The van der Waals surface area contributed by atoms with Gasteiger partial charge in [-0.3, -0.25) is 14.9 Å². The van der Waals surface area contributed by atoms with Crippen molar-refractivity contribution < 1.29 is 9.72 Å². The number of hydrogen-bond acceptors (Lipinski definition) is 4. The molecule has 0 aliphatic carbocycles. The third kappa shape index (κ3) is 3.17. The molecule has 1 rings (SSSR count). The summed E-state index contributed by atoms with van der Waals surface area (Å²) in [4.78, 5) is 21.7. The van der Waals surface area contributed by atoms with Crippen molar-refractivity contribution in [2.24, 2.45) is 0 Å². The topological polar surface area (TPSA) is 84.3 Å². The van der Waals surface area contributed by atoms with Crippen molar-refractivity contribution in [2.75, 3.05) is 12.4 Å². The minimum Gasteiger partial charge on any atom is -0.368 e. The lowest BCUT2D eigenvalue weighted by Gasteiger charge is -2.14. The van der Waals surface area contributed by atoms with Gasteiger partial charge in [-0.2, -0.15) is 0 Å². The van der Waals surface area contributed by atoms with Crippen molar-refractivity contribution >= 4 is 17.3 Å². The van der Waals surface area contributed by atoms with Gasteiger partial charge in [-0.25, -0.2) is 0 Å². The van der Waals surface area contributed by atoms with Gasteiger partial charge in [-0.15, -0.1) is 0 Å². The number of carbonyl (C=O) groups is 1. The zero-order chi connectivity index (χ0) is 13.0. The molecule has 1 amide bonds. The number of anilines is 1. The fraction of sp³-hybridized carbons (Fsp3) is 0.364. The number of nitrogens with zero attached hydrogens (tertiary/aromatic N) is 1. The summed E-state index contributed by atoms with van der Waals surface area (Å²) < 4.78 is 0. The summed E-state index contributed by atoms with van der Waals surface area (Å²) in [6.07, 6.45) is 0. The van der Waals surface area contributed by atoms with Crippen molar-refractivity contribution in [1.29, 1.82) is 0 Å². The molecule has 6 nitrogen and oxygen atoms in total. The Morgan fingerprint density at radius 1 is 1.47 bits per heavy atom. The van der Waals surface area contributed by atoms with Crippen LogP contribution in [0.1, 0.15) is 12.5 Å². The molecule has 6 heteroatoms. The molecule has 0 heterocycles. The molecule has 0 aromatic heterocycles. The Morgan fingerprint density at radius 2 is 2.12 bits per heavy atom. The first-order valence-electron chi connectivity index (χ1n) is 5.19. The Bertz CT molecular complexity index is 446. The van der Waals surface area contributed by atoms with E-state index in [1.54, 1.807) is 19.1 Å². The van der Waals surface area contributed by atoms with Crippen LogP contribution in [0.3, 0.4) is 0 Å². The first-order valence-corrected chi connectivity index (χ1v) is 5.19. The summed E-state index contributed by atoms with van der Waals surface area (Å²) in [7, 11) is 1.52. The van der Waals surface area contributed by atoms with Crippen LogP contribution < -0.4 is 10.6 Å². The Morgan fingerprint density at radius 3 is 2.65 bits per heavy atom. The number of nitro benzene ring substituents is 1. The van der Waals surface area contributed by atoms with Gasteiger partial charge in [0.05, 0.1) is 4.92 Å². The van der Waals surface area contributed by atoms with E-state index in [1.807, 2.05) is 6.92 Å². The maximum atomic E-state index is 11.3. The minimum absolute atomic E-state index is 0.0358. The highest BCUT2D eigenvalue weighted by atomic mass is 16.6. The van der Waals surface area contributed by atoms with Crippen molar-refractivity contribution in [1.82, 2.24) is 5.32 Å². The first-order chi connectivity index (χ1) is 7.95. The smallest absolute Gasteiger partial charge is 0.292 e. The summed E-state index contributed by atoms with van der Waals surface area (Å²) in [6, 6.07) is 4.21. The van der Waals surface area contributed by atoms with E-state index in [0.717, 1.165) is 5.56 Å². The zero-order valence-corrected chi connectivity index (χ0v) is 9.98. The quantitative estimate of drug-likeness (QED) is 0.613. The van der Waals surface area contributed by atoms with Crippen LogP contribution in [-0.4, -0.2) is 23.9 Å². The molecular weight excluding hydrogens is 222 g/mol. The lowest BCUT2D eigenvalue weighted by atomic mass is 10.1. The van der Waals surface area contributed by atoms with Gasteiger partial charge in [-0.1, -0.05) is 6.07 Å². The fourth-order valence-corrected chi connectivity index (χ4v) is 1.44. The molecule has 0 spiro atoms. The van der Waals surface area contributed by atoms with Crippen LogP contribution in [0.2, 0.25) is 0 Å². The predicted octanol–water partition coefficient (Wildman–Crippen LogP) is 1.45. The summed E-state index contributed by atoms with van der Waals surface area (Å²) in [5, 5.41) is 16.1. The molecule has 0 bridgehead atoms. The average Bonchev–Trinajstić information content (AvgIpc) is 2.27. The molecule has 2 N–H and O–H groups in total. The Kier molecular flexibility index (Phi) is 4.03. The SMILES string of the molecule is CNC(=O)C(C)Nc1cc(C)ccc1[N+](=O)[O-]. The number of benzene rings is 1. The number of amides is 1. The third-order valence-corrected chi connectivity index (χ3v) is 2.36. The molecule has 1 unspecified atom stereocenters. The van der Waals surface area contributed by atoms with Crippen LogP contribution >= 0.6 is 0 Å². The monoisotopic (exact) mass is 237 g/mol. The van der Waals surface area contributed by atoms with Gasteiger partial charge < -0.3 is 10.6 Å². The second-order valence-electron chi connectivity index (χ2n) is 3.76. The highest BCUT2D eigenvalue weighted by Crippen LogP contribution is 2.25. The molecule has 0 fully saturated rings. The number of nitrogens with one attached hydrogen (secondary N) is 2. The van der Waals surface area contributed by atoms with Crippen LogP contribution in [0.15, 0.2) is 18.2 Å². The first kappa shape index (κ1) is 13.0. The molecule has 1 aromatic rings. The minimum atomic E-state index is -0.527. The molecule has 1 aromatic carbocycles. The molecule has 0 aliphatic heterocycles. The third-order valence-electron chi connectivity index (χ3n) is 2.36. The van der Waals surface area contributed by atoms with Crippen LogP contribution in [0.4, 0.5) is 11.4 Å². The maximum absolute atomic E-state index is 11.3. The zero-order valence-electron chi connectivity index (χ0n) is 9.98. The van der Waals surface area contributed by atoms with Gasteiger partial charge in [0.1, 0.15) is 11.7 Å². The number of likely N-dealkylation sites (N-methyl/N-ethyl adjacent to an activating group) is 1. The highest BCUT2D eigenvalue weighted by Gasteiger charge is 2.18. The fourth-order valence-electron chi connectivity index (χ4n) is 1.44. The predicted molar refractivity (Wildman–Crippen MR) is 65.0 cm³/mol. The number of carbonyl (C=O) groups excluding carboxylic acids is 1. The standard InChI is InChI=1S/C11H15N3O3/c1-7-4-5-10(14(16)17)9(6-7)13-8(2)11(15)12-3/h4-6,8,13H,1-3H3,(H,12,15). The summed E-state index contributed by atoms with van der Waals surface area (Å²) in [6.45, 7) is 3.48. The van der Waals surface area contributed by atoms with Gasteiger partial charge in [0.15, 0.2) is 0 Å².